The number of anilines is 1. The van der Waals surface area contributed by atoms with E-state index in [4.69, 9.17) is 23.2 Å². The second kappa shape index (κ2) is 7.81. The number of nitrogens with one attached hydrogen (secondary N) is 1. The molecule has 0 saturated heterocycles. The summed E-state index contributed by atoms with van der Waals surface area (Å²) in [6, 6.07) is 7.09. The molecule has 2 N–H and O–H groups in total. The van der Waals surface area contributed by atoms with Gasteiger partial charge in [-0.2, -0.15) is 0 Å². The molecule has 1 aliphatic heterocycles. The van der Waals surface area contributed by atoms with Crippen molar-refractivity contribution in [3.05, 3.63) is 57.1 Å². The highest BCUT2D eigenvalue weighted by Gasteiger charge is 2.35. The predicted octanol–water partition coefficient (Wildman–Crippen LogP) is 4.59. The highest BCUT2D eigenvalue weighted by atomic mass is 35.5. The Morgan fingerprint density at radius 2 is 1.68 bits per heavy atom. The van der Waals surface area contributed by atoms with Crippen molar-refractivity contribution < 1.29 is 19.5 Å². The summed E-state index contributed by atoms with van der Waals surface area (Å²) in [5.41, 5.74) is 1.01. The first-order valence-corrected chi connectivity index (χ1v) is 9.44. The predicted molar refractivity (Wildman–Crippen MR) is 107 cm³/mol. The van der Waals surface area contributed by atoms with E-state index in [0.717, 1.165) is 0 Å². The van der Waals surface area contributed by atoms with Crippen LogP contribution in [0.25, 0.3) is 0 Å². The van der Waals surface area contributed by atoms with Gasteiger partial charge < -0.3 is 10.4 Å². The number of fused-ring (bicyclic) bond motifs is 1. The van der Waals surface area contributed by atoms with Gasteiger partial charge >= 0.3 is 0 Å². The maximum Gasteiger partial charge on any atom is 0.261 e. The summed E-state index contributed by atoms with van der Waals surface area (Å²) in [5.74, 6) is -1.16. The number of carbonyl (C=O) groups excluding carboxylic acids is 3. The molecular weight excluding hydrogens is 403 g/mol. The molecule has 28 heavy (non-hydrogen) atoms. The molecule has 146 valence electrons. The van der Waals surface area contributed by atoms with E-state index < -0.39 is 11.8 Å². The Kier molecular flexibility index (Phi) is 5.63. The van der Waals surface area contributed by atoms with Gasteiger partial charge in [-0.1, -0.05) is 37.0 Å². The van der Waals surface area contributed by atoms with Gasteiger partial charge in [-0.25, -0.2) is 0 Å². The number of halogens is 2. The number of benzene rings is 2. The van der Waals surface area contributed by atoms with Crippen LogP contribution in [0.1, 0.15) is 51.3 Å². The van der Waals surface area contributed by atoms with E-state index in [1.807, 2.05) is 13.8 Å². The highest BCUT2D eigenvalue weighted by Crippen LogP contribution is 2.35. The maximum atomic E-state index is 12.6. The Balaban J connectivity index is 1.82. The second-order valence-corrected chi connectivity index (χ2v) is 7.76. The second-order valence-electron chi connectivity index (χ2n) is 6.95. The Morgan fingerprint density at radius 1 is 1.07 bits per heavy atom. The summed E-state index contributed by atoms with van der Waals surface area (Å²) >= 11 is 11.7. The van der Waals surface area contributed by atoms with Gasteiger partial charge in [0.05, 0.1) is 21.2 Å². The van der Waals surface area contributed by atoms with Crippen molar-refractivity contribution >= 4 is 46.6 Å². The van der Waals surface area contributed by atoms with Gasteiger partial charge in [0.2, 0.25) is 0 Å². The molecule has 2 aromatic rings. The summed E-state index contributed by atoms with van der Waals surface area (Å²) in [6.45, 7) is 4.38. The molecular formula is C20H18Cl2N2O4. The number of imide groups is 1. The van der Waals surface area contributed by atoms with Crippen LogP contribution in [0.3, 0.4) is 0 Å². The molecule has 0 unspecified atom stereocenters. The summed E-state index contributed by atoms with van der Waals surface area (Å²) in [5, 5.41) is 12.2. The van der Waals surface area contributed by atoms with Gasteiger partial charge in [0, 0.05) is 17.8 Å². The SMILES string of the molecule is CC(C)CCN1C(=O)c2ccc(C(=O)Nc3cc(Cl)c(O)c(Cl)c3)cc2C1=O. The molecule has 0 atom stereocenters. The number of nitrogens with zero attached hydrogens (tertiary/aromatic N) is 1. The average molecular weight is 421 g/mol. The van der Waals surface area contributed by atoms with E-state index in [2.05, 4.69) is 5.32 Å². The molecule has 0 fully saturated rings. The number of phenolic OH excluding ortho intramolecular Hbond substituents is 1. The minimum absolute atomic E-state index is 0.00155. The molecule has 0 aromatic heterocycles. The van der Waals surface area contributed by atoms with Crippen molar-refractivity contribution in [2.45, 2.75) is 20.3 Å². The normalized spacial score (nSPS) is 13.2. The number of hydrogen-bond acceptors (Lipinski definition) is 4. The molecule has 1 heterocycles. The molecule has 8 heteroatoms. The number of rotatable bonds is 5. The van der Waals surface area contributed by atoms with Gasteiger partial charge in [0.15, 0.2) is 5.75 Å². The fourth-order valence-corrected chi connectivity index (χ4v) is 3.35. The average Bonchev–Trinajstić information content (AvgIpc) is 2.88. The monoisotopic (exact) mass is 420 g/mol. The quantitative estimate of drug-likeness (QED) is 0.546. The van der Waals surface area contributed by atoms with E-state index in [1.54, 1.807) is 0 Å². The largest absolute Gasteiger partial charge is 0.505 e. The summed E-state index contributed by atoms with van der Waals surface area (Å²) in [4.78, 5) is 38.8. The smallest absolute Gasteiger partial charge is 0.261 e. The van der Waals surface area contributed by atoms with Crippen LogP contribution >= 0.6 is 23.2 Å². The molecule has 3 rings (SSSR count). The zero-order valence-corrected chi connectivity index (χ0v) is 16.8. The van der Waals surface area contributed by atoms with Crippen LogP contribution in [0.15, 0.2) is 30.3 Å². The Hall–Kier alpha value is -2.57. The van der Waals surface area contributed by atoms with Gasteiger partial charge in [0.1, 0.15) is 0 Å². The topological polar surface area (TPSA) is 86.7 Å². The fraction of sp³-hybridized carbons (Fsp3) is 0.250. The van der Waals surface area contributed by atoms with Crippen molar-refractivity contribution in [2.75, 3.05) is 11.9 Å². The van der Waals surface area contributed by atoms with E-state index in [1.165, 1.54) is 35.2 Å². The zero-order valence-electron chi connectivity index (χ0n) is 15.3. The molecule has 0 bridgehead atoms. The van der Waals surface area contributed by atoms with Crippen LogP contribution in [0.5, 0.6) is 5.75 Å². The summed E-state index contributed by atoms with van der Waals surface area (Å²) in [6.07, 6.45) is 0.710. The summed E-state index contributed by atoms with van der Waals surface area (Å²) < 4.78 is 0. The maximum absolute atomic E-state index is 12.6. The van der Waals surface area contributed by atoms with Crippen LogP contribution in [0, 0.1) is 5.92 Å². The van der Waals surface area contributed by atoms with E-state index >= 15 is 0 Å². The number of amides is 3. The standard InChI is InChI=1S/C20H18Cl2N2O4/c1-10(2)5-6-24-19(27)13-4-3-11(7-14(13)20(24)28)18(26)23-12-8-15(21)17(25)16(22)9-12/h3-4,7-10,25H,5-6H2,1-2H3,(H,23,26). The van der Waals surface area contributed by atoms with Crippen molar-refractivity contribution in [2.24, 2.45) is 5.92 Å². The number of carbonyl (C=O) groups is 3. The Bertz CT molecular complexity index is 965. The van der Waals surface area contributed by atoms with Crippen LogP contribution in [-0.4, -0.2) is 34.3 Å². The van der Waals surface area contributed by atoms with Gasteiger partial charge in [-0.15, -0.1) is 0 Å². The lowest BCUT2D eigenvalue weighted by Crippen LogP contribution is -2.31. The van der Waals surface area contributed by atoms with E-state index in [9.17, 15) is 19.5 Å². The van der Waals surface area contributed by atoms with Gasteiger partial charge in [-0.05, 0) is 42.7 Å². The molecule has 0 saturated carbocycles. The van der Waals surface area contributed by atoms with Crippen LogP contribution in [-0.2, 0) is 0 Å². The third-order valence-corrected chi connectivity index (χ3v) is 5.01. The minimum Gasteiger partial charge on any atom is -0.505 e. The first-order chi connectivity index (χ1) is 13.2. The highest BCUT2D eigenvalue weighted by molar-refractivity contribution is 6.37. The van der Waals surface area contributed by atoms with Crippen molar-refractivity contribution in [3.8, 4) is 5.75 Å². The number of hydrogen-bond donors (Lipinski definition) is 2. The molecule has 1 aliphatic rings. The lowest BCUT2D eigenvalue weighted by atomic mass is 10.1. The molecule has 0 radical (unpaired) electrons. The molecule has 0 aliphatic carbocycles. The lowest BCUT2D eigenvalue weighted by molar-refractivity contribution is 0.0647. The Labute approximate surface area is 172 Å². The fourth-order valence-electron chi connectivity index (χ4n) is 2.86. The van der Waals surface area contributed by atoms with E-state index in [0.29, 0.717) is 30.1 Å². The minimum atomic E-state index is -0.499. The first-order valence-electron chi connectivity index (χ1n) is 8.68. The molecule has 3 amide bonds. The first kappa shape index (κ1) is 20.2. The summed E-state index contributed by atoms with van der Waals surface area (Å²) in [7, 11) is 0. The molecule has 2 aromatic carbocycles. The Morgan fingerprint density at radius 3 is 2.29 bits per heavy atom. The lowest BCUT2D eigenvalue weighted by Gasteiger charge is -2.14. The number of aromatic hydroxyl groups is 1. The van der Waals surface area contributed by atoms with Crippen molar-refractivity contribution in [1.82, 2.24) is 4.90 Å². The third-order valence-electron chi connectivity index (χ3n) is 4.44. The van der Waals surface area contributed by atoms with Gasteiger partial charge in [0.25, 0.3) is 17.7 Å². The molecule has 0 spiro atoms. The third kappa shape index (κ3) is 3.84. The van der Waals surface area contributed by atoms with E-state index in [-0.39, 0.29) is 32.8 Å². The van der Waals surface area contributed by atoms with Gasteiger partial charge in [-0.3, -0.25) is 19.3 Å². The van der Waals surface area contributed by atoms with Crippen LogP contribution in [0.2, 0.25) is 10.0 Å². The van der Waals surface area contributed by atoms with Crippen LogP contribution in [0.4, 0.5) is 5.69 Å². The number of phenols is 1. The molecule has 6 nitrogen and oxygen atoms in total. The van der Waals surface area contributed by atoms with Crippen molar-refractivity contribution in [3.63, 3.8) is 0 Å². The van der Waals surface area contributed by atoms with Crippen molar-refractivity contribution in [1.29, 1.82) is 0 Å². The van der Waals surface area contributed by atoms with Crippen LogP contribution < -0.4 is 5.32 Å². The zero-order chi connectivity index (χ0) is 20.6.